The van der Waals surface area contributed by atoms with Crippen LogP contribution in [-0.4, -0.2) is 39.9 Å². The standard InChI is InChI=1S/C16H19BrN4O3S/c1-21(2)15-8-5-13(11-18-15)20-16(22)9-10-19-25(23,24)14-6-3-12(17)4-7-14/h3-8,11,19H,9-10H2,1-2H3,(H,20,22). The first-order valence-electron chi connectivity index (χ1n) is 7.46. The minimum atomic E-state index is -3.63. The minimum absolute atomic E-state index is 0.00738. The predicted octanol–water partition coefficient (Wildman–Crippen LogP) is 2.22. The summed E-state index contributed by atoms with van der Waals surface area (Å²) in [4.78, 5) is 18.1. The van der Waals surface area contributed by atoms with Crippen LogP contribution in [0, 0.1) is 0 Å². The third-order valence-corrected chi connectivity index (χ3v) is 5.26. The molecule has 25 heavy (non-hydrogen) atoms. The van der Waals surface area contributed by atoms with Gasteiger partial charge >= 0.3 is 0 Å². The first kappa shape index (κ1) is 19.4. The molecule has 0 saturated heterocycles. The van der Waals surface area contributed by atoms with Gasteiger partial charge in [0, 0.05) is 31.5 Å². The number of aromatic nitrogens is 1. The number of sulfonamides is 1. The fourth-order valence-corrected chi connectivity index (χ4v) is 3.24. The lowest BCUT2D eigenvalue weighted by molar-refractivity contribution is -0.116. The van der Waals surface area contributed by atoms with Gasteiger partial charge < -0.3 is 10.2 Å². The molecule has 0 bridgehead atoms. The van der Waals surface area contributed by atoms with Crippen molar-refractivity contribution in [1.29, 1.82) is 0 Å². The molecule has 7 nitrogen and oxygen atoms in total. The van der Waals surface area contributed by atoms with Crippen LogP contribution in [0.1, 0.15) is 6.42 Å². The van der Waals surface area contributed by atoms with Gasteiger partial charge in [0.05, 0.1) is 16.8 Å². The van der Waals surface area contributed by atoms with Crippen molar-refractivity contribution in [2.75, 3.05) is 30.9 Å². The van der Waals surface area contributed by atoms with Crippen LogP contribution in [0.4, 0.5) is 11.5 Å². The SMILES string of the molecule is CN(C)c1ccc(NC(=O)CCNS(=O)(=O)c2ccc(Br)cc2)cn1. The summed E-state index contributed by atoms with van der Waals surface area (Å²) in [5.74, 6) is 0.484. The number of anilines is 2. The number of carbonyl (C=O) groups is 1. The van der Waals surface area contributed by atoms with E-state index in [2.05, 4.69) is 31.0 Å². The highest BCUT2D eigenvalue weighted by molar-refractivity contribution is 9.10. The molecule has 2 N–H and O–H groups in total. The molecule has 0 fully saturated rings. The van der Waals surface area contributed by atoms with Crippen molar-refractivity contribution >= 4 is 43.4 Å². The fraction of sp³-hybridized carbons (Fsp3) is 0.250. The summed E-state index contributed by atoms with van der Waals surface area (Å²) >= 11 is 3.25. The Balaban J connectivity index is 1.84. The summed E-state index contributed by atoms with van der Waals surface area (Å²) < 4.78 is 27.4. The highest BCUT2D eigenvalue weighted by Crippen LogP contribution is 2.14. The lowest BCUT2D eigenvalue weighted by Crippen LogP contribution is -2.27. The average Bonchev–Trinajstić information content (AvgIpc) is 2.55. The molecule has 0 spiro atoms. The second-order valence-corrected chi connectivity index (χ2v) is 8.13. The van der Waals surface area contributed by atoms with E-state index in [1.807, 2.05) is 19.0 Å². The van der Waals surface area contributed by atoms with Crippen molar-refractivity contribution in [3.63, 3.8) is 0 Å². The zero-order valence-corrected chi connectivity index (χ0v) is 16.3. The molecule has 134 valence electrons. The van der Waals surface area contributed by atoms with Crippen molar-refractivity contribution in [2.24, 2.45) is 0 Å². The van der Waals surface area contributed by atoms with E-state index in [-0.39, 0.29) is 23.8 Å². The Morgan fingerprint density at radius 1 is 1.16 bits per heavy atom. The smallest absolute Gasteiger partial charge is 0.240 e. The number of nitrogens with one attached hydrogen (secondary N) is 2. The number of amides is 1. The van der Waals surface area contributed by atoms with E-state index in [1.54, 1.807) is 30.5 Å². The lowest BCUT2D eigenvalue weighted by Gasteiger charge is -2.12. The van der Waals surface area contributed by atoms with Gasteiger partial charge in [-0.15, -0.1) is 0 Å². The second kappa shape index (κ2) is 8.41. The maximum atomic E-state index is 12.1. The molecule has 1 aromatic carbocycles. The number of nitrogens with zero attached hydrogens (tertiary/aromatic N) is 2. The largest absolute Gasteiger partial charge is 0.363 e. The third kappa shape index (κ3) is 5.80. The number of rotatable bonds is 7. The molecule has 0 radical (unpaired) electrons. The molecule has 0 unspecified atom stereocenters. The number of halogens is 1. The molecule has 1 heterocycles. The quantitative estimate of drug-likeness (QED) is 0.707. The summed E-state index contributed by atoms with van der Waals surface area (Å²) in [6.07, 6.45) is 1.57. The van der Waals surface area contributed by atoms with Crippen molar-refractivity contribution in [1.82, 2.24) is 9.71 Å². The van der Waals surface area contributed by atoms with E-state index in [0.717, 1.165) is 10.3 Å². The van der Waals surface area contributed by atoms with E-state index >= 15 is 0 Å². The zero-order valence-electron chi connectivity index (χ0n) is 13.9. The van der Waals surface area contributed by atoms with Crippen molar-refractivity contribution in [3.8, 4) is 0 Å². The van der Waals surface area contributed by atoms with Crippen LogP contribution < -0.4 is 14.9 Å². The van der Waals surface area contributed by atoms with E-state index in [4.69, 9.17) is 0 Å². The summed E-state index contributed by atoms with van der Waals surface area (Å²) in [6, 6.07) is 9.80. The van der Waals surface area contributed by atoms with Gasteiger partial charge in [0.2, 0.25) is 15.9 Å². The van der Waals surface area contributed by atoms with Crippen LogP contribution in [0.15, 0.2) is 52.0 Å². The van der Waals surface area contributed by atoms with Crippen LogP contribution in [0.5, 0.6) is 0 Å². The van der Waals surface area contributed by atoms with E-state index < -0.39 is 10.0 Å². The van der Waals surface area contributed by atoms with Gasteiger partial charge in [-0.3, -0.25) is 4.79 Å². The number of pyridine rings is 1. The third-order valence-electron chi connectivity index (χ3n) is 3.26. The molecular weight excluding hydrogens is 408 g/mol. The van der Waals surface area contributed by atoms with Gasteiger partial charge in [-0.25, -0.2) is 18.1 Å². The molecule has 2 rings (SSSR count). The van der Waals surface area contributed by atoms with Gasteiger partial charge in [0.15, 0.2) is 0 Å². The first-order valence-corrected chi connectivity index (χ1v) is 9.74. The average molecular weight is 427 g/mol. The summed E-state index contributed by atoms with van der Waals surface area (Å²) in [7, 11) is 0.117. The summed E-state index contributed by atoms with van der Waals surface area (Å²) in [6.45, 7) is 0.00738. The zero-order chi connectivity index (χ0) is 18.4. The first-order chi connectivity index (χ1) is 11.8. The minimum Gasteiger partial charge on any atom is -0.363 e. The van der Waals surface area contributed by atoms with Gasteiger partial charge in [-0.05, 0) is 36.4 Å². The Kier molecular flexibility index (Phi) is 6.51. The molecule has 1 aromatic heterocycles. The highest BCUT2D eigenvalue weighted by atomic mass is 79.9. The Bertz CT molecular complexity index is 821. The fourth-order valence-electron chi connectivity index (χ4n) is 1.94. The molecule has 0 atom stereocenters. The van der Waals surface area contributed by atoms with Crippen molar-refractivity contribution in [2.45, 2.75) is 11.3 Å². The van der Waals surface area contributed by atoms with Gasteiger partial charge in [0.1, 0.15) is 5.82 Å². The highest BCUT2D eigenvalue weighted by Gasteiger charge is 2.14. The maximum Gasteiger partial charge on any atom is 0.240 e. The predicted molar refractivity (Wildman–Crippen MR) is 101 cm³/mol. The van der Waals surface area contributed by atoms with Crippen molar-refractivity contribution < 1.29 is 13.2 Å². The number of carbonyl (C=O) groups excluding carboxylic acids is 1. The van der Waals surface area contributed by atoms with E-state index in [0.29, 0.717) is 5.69 Å². The molecule has 0 aliphatic carbocycles. The summed E-state index contributed by atoms with van der Waals surface area (Å²) in [5, 5.41) is 2.68. The van der Waals surface area contributed by atoms with Crippen LogP contribution in [0.25, 0.3) is 0 Å². The Hall–Kier alpha value is -1.97. The lowest BCUT2D eigenvalue weighted by atomic mass is 10.3. The molecule has 1 amide bonds. The van der Waals surface area contributed by atoms with Gasteiger partial charge in [-0.2, -0.15) is 0 Å². The molecule has 2 aromatic rings. The van der Waals surface area contributed by atoms with Gasteiger partial charge in [0.25, 0.3) is 0 Å². The molecule has 0 aliphatic heterocycles. The van der Waals surface area contributed by atoms with E-state index in [1.165, 1.54) is 12.1 Å². The normalized spacial score (nSPS) is 11.2. The molecule has 0 aliphatic rings. The number of hydrogen-bond acceptors (Lipinski definition) is 5. The molecular formula is C16H19BrN4O3S. The van der Waals surface area contributed by atoms with Crippen LogP contribution >= 0.6 is 15.9 Å². The van der Waals surface area contributed by atoms with Gasteiger partial charge in [-0.1, -0.05) is 15.9 Å². The second-order valence-electron chi connectivity index (χ2n) is 5.45. The van der Waals surface area contributed by atoms with Crippen LogP contribution in [0.3, 0.4) is 0 Å². The topological polar surface area (TPSA) is 91.4 Å². The Labute approximate surface area is 155 Å². The van der Waals surface area contributed by atoms with Crippen molar-refractivity contribution in [3.05, 3.63) is 47.1 Å². The van der Waals surface area contributed by atoms with E-state index in [9.17, 15) is 13.2 Å². The summed E-state index contributed by atoms with van der Waals surface area (Å²) in [5.41, 5.74) is 0.561. The monoisotopic (exact) mass is 426 g/mol. The van der Waals surface area contributed by atoms with Crippen LogP contribution in [0.2, 0.25) is 0 Å². The Morgan fingerprint density at radius 3 is 2.40 bits per heavy atom. The maximum absolute atomic E-state index is 12.1. The number of benzene rings is 1. The van der Waals surface area contributed by atoms with Crippen LogP contribution in [-0.2, 0) is 14.8 Å². The molecule has 9 heteroatoms. The molecule has 0 saturated carbocycles. The Morgan fingerprint density at radius 2 is 1.84 bits per heavy atom. The number of hydrogen-bond donors (Lipinski definition) is 2.